The van der Waals surface area contributed by atoms with Crippen molar-refractivity contribution in [1.82, 2.24) is 4.90 Å². The summed E-state index contributed by atoms with van der Waals surface area (Å²) in [6.45, 7) is 2.53. The van der Waals surface area contributed by atoms with Crippen molar-refractivity contribution < 1.29 is 19.0 Å². The summed E-state index contributed by atoms with van der Waals surface area (Å²) in [7, 11) is 0. The van der Waals surface area contributed by atoms with E-state index in [1.165, 1.54) is 6.07 Å². The smallest absolute Gasteiger partial charge is 0.305 e. The van der Waals surface area contributed by atoms with E-state index >= 15 is 0 Å². The molecule has 1 fully saturated rings. The van der Waals surface area contributed by atoms with Crippen molar-refractivity contribution in [2.75, 3.05) is 19.7 Å². The van der Waals surface area contributed by atoms with Crippen LogP contribution in [-0.2, 0) is 16.1 Å². The summed E-state index contributed by atoms with van der Waals surface area (Å²) in [6, 6.07) is 4.98. The topological polar surface area (TPSA) is 49.8 Å². The summed E-state index contributed by atoms with van der Waals surface area (Å²) in [5, 5.41) is 8.57. The third-order valence-corrected chi connectivity index (χ3v) is 4.10. The first kappa shape index (κ1) is 16.4. The monoisotopic (exact) mass is 359 g/mol. The van der Waals surface area contributed by atoms with Crippen molar-refractivity contribution in [3.63, 3.8) is 0 Å². The van der Waals surface area contributed by atoms with E-state index in [1.807, 2.05) is 6.07 Å². The summed E-state index contributed by atoms with van der Waals surface area (Å²) in [5.41, 5.74) is 0.689. The molecule has 1 heterocycles. The number of halogens is 2. The molecule has 0 spiro atoms. The molecule has 0 atom stereocenters. The molecule has 0 aliphatic carbocycles. The van der Waals surface area contributed by atoms with Gasteiger partial charge in [-0.25, -0.2) is 4.39 Å². The lowest BCUT2D eigenvalue weighted by Crippen LogP contribution is -2.37. The molecule has 0 radical (unpaired) electrons. The predicted octanol–water partition coefficient (Wildman–Crippen LogP) is 3.04. The van der Waals surface area contributed by atoms with Crippen LogP contribution in [0.25, 0.3) is 0 Å². The van der Waals surface area contributed by atoms with E-state index in [-0.39, 0.29) is 24.9 Å². The van der Waals surface area contributed by atoms with Crippen LogP contribution >= 0.6 is 15.9 Å². The van der Waals surface area contributed by atoms with Crippen LogP contribution in [0.2, 0.25) is 0 Å². The van der Waals surface area contributed by atoms with Crippen LogP contribution in [-0.4, -0.2) is 41.8 Å². The normalized spacial score (nSPS) is 17.0. The highest BCUT2D eigenvalue weighted by molar-refractivity contribution is 9.10. The lowest BCUT2D eigenvalue weighted by Gasteiger charge is -2.31. The maximum Gasteiger partial charge on any atom is 0.305 e. The molecule has 0 aromatic heterocycles. The van der Waals surface area contributed by atoms with Gasteiger partial charge >= 0.3 is 5.97 Å². The number of piperidine rings is 1. The number of nitrogens with zero attached hydrogens (tertiary/aromatic N) is 1. The van der Waals surface area contributed by atoms with Gasteiger partial charge in [-0.1, -0.05) is 15.9 Å². The Morgan fingerprint density at radius 2 is 2.14 bits per heavy atom. The molecule has 21 heavy (non-hydrogen) atoms. The van der Waals surface area contributed by atoms with Gasteiger partial charge in [-0.05, 0) is 31.0 Å². The summed E-state index contributed by atoms with van der Waals surface area (Å²) >= 11 is 3.36. The Morgan fingerprint density at radius 3 is 2.81 bits per heavy atom. The van der Waals surface area contributed by atoms with Crippen molar-refractivity contribution in [3.8, 4) is 0 Å². The molecule has 4 nitrogen and oxygen atoms in total. The third-order valence-electron chi connectivity index (χ3n) is 3.61. The van der Waals surface area contributed by atoms with Crippen LogP contribution in [0.4, 0.5) is 4.39 Å². The maximum absolute atomic E-state index is 13.7. The number of carboxylic acid groups (broad SMARTS) is 1. The Balaban J connectivity index is 1.76. The van der Waals surface area contributed by atoms with Gasteiger partial charge in [0.05, 0.1) is 19.1 Å². The second-order valence-corrected chi connectivity index (χ2v) is 6.14. The number of ether oxygens (including phenoxy) is 1. The highest BCUT2D eigenvalue weighted by Gasteiger charge is 2.20. The molecule has 0 saturated carbocycles. The summed E-state index contributed by atoms with van der Waals surface area (Å²) < 4.78 is 20.1. The molecule has 1 N–H and O–H groups in total. The number of hydrogen-bond acceptors (Lipinski definition) is 3. The maximum atomic E-state index is 13.7. The number of hydrogen-bond donors (Lipinski definition) is 1. The average Bonchev–Trinajstić information content (AvgIpc) is 2.44. The zero-order chi connectivity index (χ0) is 15.2. The second-order valence-electron chi connectivity index (χ2n) is 5.23. The zero-order valence-electron chi connectivity index (χ0n) is 11.7. The molecule has 1 aliphatic rings. The molecular formula is C15H19BrFNO3. The molecule has 0 unspecified atom stereocenters. The molecule has 1 aliphatic heterocycles. The Hall–Kier alpha value is -0.980. The molecule has 0 bridgehead atoms. The Bertz CT molecular complexity index is 490. The zero-order valence-corrected chi connectivity index (χ0v) is 13.3. The quantitative estimate of drug-likeness (QED) is 0.847. The largest absolute Gasteiger partial charge is 0.481 e. The van der Waals surface area contributed by atoms with Gasteiger partial charge in [-0.15, -0.1) is 0 Å². The first-order valence-corrected chi connectivity index (χ1v) is 7.83. The summed E-state index contributed by atoms with van der Waals surface area (Å²) in [6.07, 6.45) is 1.88. The van der Waals surface area contributed by atoms with Gasteiger partial charge in [0.1, 0.15) is 5.82 Å². The number of benzene rings is 1. The van der Waals surface area contributed by atoms with E-state index in [1.54, 1.807) is 6.07 Å². The molecule has 0 amide bonds. The SMILES string of the molecule is O=C(O)CCOC1CCN(Cc2cc(Br)ccc2F)CC1. The van der Waals surface area contributed by atoms with Gasteiger partial charge in [-0.3, -0.25) is 9.69 Å². The Morgan fingerprint density at radius 1 is 1.43 bits per heavy atom. The van der Waals surface area contributed by atoms with Crippen molar-refractivity contribution >= 4 is 21.9 Å². The van der Waals surface area contributed by atoms with E-state index in [9.17, 15) is 9.18 Å². The molecule has 2 rings (SSSR count). The minimum atomic E-state index is -0.836. The van der Waals surface area contributed by atoms with Crippen LogP contribution in [0.15, 0.2) is 22.7 Å². The highest BCUT2D eigenvalue weighted by Crippen LogP contribution is 2.20. The Labute approximate surface area is 132 Å². The molecule has 116 valence electrons. The van der Waals surface area contributed by atoms with Crippen LogP contribution in [0, 0.1) is 5.82 Å². The van der Waals surface area contributed by atoms with Crippen LogP contribution in [0.3, 0.4) is 0 Å². The van der Waals surface area contributed by atoms with E-state index in [2.05, 4.69) is 20.8 Å². The average molecular weight is 360 g/mol. The van der Waals surface area contributed by atoms with E-state index in [4.69, 9.17) is 9.84 Å². The minimum Gasteiger partial charge on any atom is -0.481 e. The summed E-state index contributed by atoms with van der Waals surface area (Å²) in [5.74, 6) is -1.02. The number of carboxylic acids is 1. The van der Waals surface area contributed by atoms with Crippen LogP contribution < -0.4 is 0 Å². The van der Waals surface area contributed by atoms with Crippen LogP contribution in [0.5, 0.6) is 0 Å². The second kappa shape index (κ2) is 7.87. The van der Waals surface area contributed by atoms with Gasteiger partial charge in [-0.2, -0.15) is 0 Å². The fourth-order valence-corrected chi connectivity index (χ4v) is 2.86. The fourth-order valence-electron chi connectivity index (χ4n) is 2.45. The van der Waals surface area contributed by atoms with Gasteiger partial charge in [0.2, 0.25) is 0 Å². The molecule has 6 heteroatoms. The van der Waals surface area contributed by atoms with Crippen molar-refractivity contribution in [3.05, 3.63) is 34.1 Å². The van der Waals surface area contributed by atoms with E-state index in [0.29, 0.717) is 12.1 Å². The third kappa shape index (κ3) is 5.37. The Kier molecular flexibility index (Phi) is 6.14. The number of carbonyl (C=O) groups is 1. The summed E-state index contributed by atoms with van der Waals surface area (Å²) in [4.78, 5) is 12.6. The van der Waals surface area contributed by atoms with Gasteiger partial charge in [0, 0.05) is 29.7 Å². The van der Waals surface area contributed by atoms with Gasteiger partial charge < -0.3 is 9.84 Å². The molecule has 1 saturated heterocycles. The van der Waals surface area contributed by atoms with Crippen molar-refractivity contribution in [2.45, 2.75) is 31.9 Å². The van der Waals surface area contributed by atoms with Gasteiger partial charge in [0.25, 0.3) is 0 Å². The van der Waals surface area contributed by atoms with Gasteiger partial charge in [0.15, 0.2) is 0 Å². The lowest BCUT2D eigenvalue weighted by atomic mass is 10.1. The standard InChI is InChI=1S/C15H19BrFNO3/c16-12-1-2-14(17)11(9-12)10-18-6-3-13(4-7-18)21-8-5-15(19)20/h1-2,9,13H,3-8,10H2,(H,19,20). The number of rotatable bonds is 6. The first-order valence-electron chi connectivity index (χ1n) is 7.04. The molecule has 1 aromatic rings. The van der Waals surface area contributed by atoms with Crippen molar-refractivity contribution in [1.29, 1.82) is 0 Å². The van der Waals surface area contributed by atoms with E-state index in [0.717, 1.165) is 30.4 Å². The fraction of sp³-hybridized carbons (Fsp3) is 0.533. The molecule has 1 aromatic carbocycles. The minimum absolute atomic E-state index is 0.0451. The number of likely N-dealkylation sites (tertiary alicyclic amines) is 1. The predicted molar refractivity (Wildman–Crippen MR) is 80.6 cm³/mol. The number of aliphatic carboxylic acids is 1. The molecular weight excluding hydrogens is 341 g/mol. The lowest BCUT2D eigenvalue weighted by molar-refractivity contribution is -0.138. The highest BCUT2D eigenvalue weighted by atomic mass is 79.9. The first-order chi connectivity index (χ1) is 10.0. The van der Waals surface area contributed by atoms with Crippen LogP contribution in [0.1, 0.15) is 24.8 Å². The van der Waals surface area contributed by atoms with Crippen molar-refractivity contribution in [2.24, 2.45) is 0 Å². The van der Waals surface area contributed by atoms with E-state index < -0.39 is 5.97 Å².